The topological polar surface area (TPSA) is 80.5 Å². The lowest BCUT2D eigenvalue weighted by Crippen LogP contribution is -2.25. The van der Waals surface area contributed by atoms with Crippen LogP contribution in [-0.4, -0.2) is 34.7 Å². The molecule has 4 N–H and O–H groups in total. The van der Waals surface area contributed by atoms with Gasteiger partial charge in [0.25, 0.3) is 0 Å². The Bertz CT molecular complexity index is 706. The minimum atomic E-state index is 0.631. The maximum Gasteiger partial charge on any atom is 0.168 e. The van der Waals surface area contributed by atoms with Gasteiger partial charge >= 0.3 is 0 Å². The molecule has 0 unspecified atom stereocenters. The molecule has 2 aliphatic heterocycles. The number of benzene rings is 1. The van der Waals surface area contributed by atoms with Crippen LogP contribution in [0.1, 0.15) is 13.8 Å². The number of aromatic nitrogens is 1. The first-order valence-corrected chi connectivity index (χ1v) is 8.64. The van der Waals surface area contributed by atoms with Crippen molar-refractivity contribution in [3.63, 3.8) is 0 Å². The number of thioether (sulfide) groups is 1. The molecule has 1 aromatic heterocycles. The van der Waals surface area contributed by atoms with Gasteiger partial charge in [0.2, 0.25) is 0 Å². The van der Waals surface area contributed by atoms with Gasteiger partial charge in [0.15, 0.2) is 5.17 Å². The Labute approximate surface area is 141 Å². The Hall–Kier alpha value is -2.05. The lowest BCUT2D eigenvalue weighted by atomic mass is 10.2. The fourth-order valence-corrected chi connectivity index (χ4v) is 3.23. The van der Waals surface area contributed by atoms with Gasteiger partial charge in [-0.25, -0.2) is 0 Å². The van der Waals surface area contributed by atoms with E-state index in [9.17, 15) is 0 Å². The predicted molar refractivity (Wildman–Crippen MR) is 101 cm³/mol. The fourth-order valence-electron chi connectivity index (χ4n) is 2.26. The van der Waals surface area contributed by atoms with Crippen molar-refractivity contribution in [2.45, 2.75) is 13.8 Å². The molecule has 0 saturated heterocycles. The van der Waals surface area contributed by atoms with Crippen molar-refractivity contribution < 1.29 is 0 Å². The lowest BCUT2D eigenvalue weighted by molar-refractivity contribution is 0.564. The highest BCUT2D eigenvalue weighted by molar-refractivity contribution is 8.16. The average molecular weight is 329 g/mol. The molecule has 1 aromatic carbocycles. The van der Waals surface area contributed by atoms with Crippen LogP contribution in [0.5, 0.6) is 0 Å². The van der Waals surface area contributed by atoms with E-state index in [1.807, 2.05) is 44.2 Å². The smallest absolute Gasteiger partial charge is 0.168 e. The highest BCUT2D eigenvalue weighted by Crippen LogP contribution is 2.27. The first-order chi connectivity index (χ1) is 11.3. The van der Waals surface area contributed by atoms with E-state index in [2.05, 4.69) is 20.3 Å². The third kappa shape index (κ3) is 4.03. The Kier molecular flexibility index (Phi) is 6.43. The van der Waals surface area contributed by atoms with Gasteiger partial charge in [-0.1, -0.05) is 31.7 Å². The van der Waals surface area contributed by atoms with Crippen molar-refractivity contribution >= 4 is 33.5 Å². The van der Waals surface area contributed by atoms with Crippen molar-refractivity contribution in [1.82, 2.24) is 9.88 Å². The van der Waals surface area contributed by atoms with Gasteiger partial charge in [-0.2, -0.15) is 0 Å². The molecule has 3 heterocycles. The molecular formula is C17H23N5S. The minimum Gasteiger partial charge on any atom is -0.398 e. The summed E-state index contributed by atoms with van der Waals surface area (Å²) >= 11 is 1.68. The summed E-state index contributed by atoms with van der Waals surface area (Å²) in [6.07, 6.45) is 1.77. The number of nitrogen functional groups attached to an aromatic ring is 1. The zero-order valence-electron chi connectivity index (χ0n) is 13.6. The van der Waals surface area contributed by atoms with Crippen molar-refractivity contribution in [2.24, 2.45) is 10.7 Å². The molecule has 0 saturated carbocycles. The monoisotopic (exact) mass is 329 g/mol. The zero-order valence-corrected chi connectivity index (χ0v) is 14.4. The molecule has 0 fully saturated rings. The Morgan fingerprint density at radius 3 is 2.78 bits per heavy atom. The van der Waals surface area contributed by atoms with Crippen LogP contribution >= 0.6 is 11.8 Å². The molecule has 4 rings (SSSR count). The number of hydrogen-bond donors (Lipinski definition) is 2. The molecule has 0 aliphatic carbocycles. The van der Waals surface area contributed by atoms with E-state index >= 15 is 0 Å². The highest BCUT2D eigenvalue weighted by atomic mass is 32.2. The van der Waals surface area contributed by atoms with Crippen LogP contribution in [0.2, 0.25) is 0 Å². The molecule has 0 spiro atoms. The molecule has 0 atom stereocenters. The third-order valence-electron chi connectivity index (χ3n) is 3.34. The number of hydrogen-bond acceptors (Lipinski definition) is 6. The largest absolute Gasteiger partial charge is 0.398 e. The van der Waals surface area contributed by atoms with Gasteiger partial charge in [0.05, 0.1) is 12.1 Å². The maximum atomic E-state index is 5.72. The van der Waals surface area contributed by atoms with Crippen LogP contribution in [0.25, 0.3) is 10.9 Å². The van der Waals surface area contributed by atoms with Crippen LogP contribution in [0.15, 0.2) is 52.6 Å². The van der Waals surface area contributed by atoms with E-state index in [0.717, 1.165) is 34.8 Å². The van der Waals surface area contributed by atoms with E-state index in [0.29, 0.717) is 6.54 Å². The number of amidine groups is 1. The number of nitrogens with two attached hydrogens (primary N) is 2. The van der Waals surface area contributed by atoms with Crippen LogP contribution in [-0.2, 0) is 0 Å². The summed E-state index contributed by atoms with van der Waals surface area (Å²) in [5.74, 6) is 0. The number of rotatable bonds is 1. The molecule has 0 radical (unpaired) electrons. The van der Waals surface area contributed by atoms with Crippen LogP contribution < -0.4 is 11.5 Å². The first kappa shape index (κ1) is 17.3. The molecule has 6 heteroatoms. The highest BCUT2D eigenvalue weighted by Gasteiger charge is 2.24. The summed E-state index contributed by atoms with van der Waals surface area (Å²) in [4.78, 5) is 10.6. The number of nitrogens with zero attached hydrogens (tertiary/aromatic N) is 3. The molecule has 2 aliphatic rings. The summed E-state index contributed by atoms with van der Waals surface area (Å²) in [6.45, 7) is 6.58. The second-order valence-corrected chi connectivity index (χ2v) is 5.50. The second-order valence-electron chi connectivity index (χ2n) is 4.66. The molecule has 2 aromatic rings. The van der Waals surface area contributed by atoms with Crippen molar-refractivity contribution in [1.29, 1.82) is 0 Å². The predicted octanol–water partition coefficient (Wildman–Crippen LogP) is 3.05. The first-order valence-electron chi connectivity index (χ1n) is 7.76. The van der Waals surface area contributed by atoms with Gasteiger partial charge in [-0.3, -0.25) is 9.98 Å². The van der Waals surface area contributed by atoms with Crippen LogP contribution in [0.3, 0.4) is 0 Å². The van der Waals surface area contributed by atoms with Gasteiger partial charge in [-0.05, 0) is 29.7 Å². The zero-order chi connectivity index (χ0) is 16.7. The molecule has 122 valence electrons. The Morgan fingerprint density at radius 2 is 2.04 bits per heavy atom. The summed E-state index contributed by atoms with van der Waals surface area (Å²) in [7, 11) is 0. The van der Waals surface area contributed by atoms with Gasteiger partial charge in [0, 0.05) is 36.1 Å². The normalized spacial score (nSPS) is 15.0. The number of fused-ring (bicyclic) bond motifs is 2. The number of pyridine rings is 1. The maximum absolute atomic E-state index is 5.72. The van der Waals surface area contributed by atoms with Crippen LogP contribution in [0.4, 0.5) is 5.69 Å². The van der Waals surface area contributed by atoms with E-state index in [1.165, 1.54) is 5.70 Å². The molecule has 5 nitrogen and oxygen atoms in total. The van der Waals surface area contributed by atoms with E-state index < -0.39 is 0 Å². The van der Waals surface area contributed by atoms with Gasteiger partial charge < -0.3 is 16.4 Å². The molecule has 23 heavy (non-hydrogen) atoms. The Morgan fingerprint density at radius 1 is 1.22 bits per heavy atom. The third-order valence-corrected chi connectivity index (χ3v) is 4.29. The summed E-state index contributed by atoms with van der Waals surface area (Å²) in [6, 6.07) is 9.59. The quantitative estimate of drug-likeness (QED) is 0.786. The Balaban J connectivity index is 0.000000152. The van der Waals surface area contributed by atoms with E-state index in [1.54, 1.807) is 18.0 Å². The summed E-state index contributed by atoms with van der Waals surface area (Å²) in [5, 5.41) is 4.23. The van der Waals surface area contributed by atoms with E-state index in [-0.39, 0.29) is 0 Å². The van der Waals surface area contributed by atoms with Crippen molar-refractivity contribution in [2.75, 3.05) is 25.4 Å². The van der Waals surface area contributed by atoms with Crippen molar-refractivity contribution in [3.8, 4) is 0 Å². The minimum absolute atomic E-state index is 0.631. The van der Waals surface area contributed by atoms with Crippen molar-refractivity contribution in [3.05, 3.63) is 47.6 Å². The van der Waals surface area contributed by atoms with Crippen LogP contribution in [0, 0.1) is 0 Å². The molecule has 0 amide bonds. The number of aliphatic imine (C=N–C) groups is 1. The van der Waals surface area contributed by atoms with Gasteiger partial charge in [-0.15, -0.1) is 0 Å². The molecular weight excluding hydrogens is 306 g/mol. The second kappa shape index (κ2) is 8.55. The standard InChI is InChI=1S/C9H8N2.C6H9N3S.C2H6/c10-8-4-1-5-9-7(8)3-2-6-11-9;7-3-5-4-10-6-8-1-2-9(5)6;1-2/h1-6H,10H2;4H,1-3,7H2;1-2H3. The fraction of sp³-hybridized carbons (Fsp3) is 0.294. The SMILES string of the molecule is CC.NCC1=CSC2=NCCN12.Nc1cccc2ncccc12. The summed E-state index contributed by atoms with van der Waals surface area (Å²) in [5.41, 5.74) is 14.2. The lowest BCUT2D eigenvalue weighted by Gasteiger charge is -2.13. The summed E-state index contributed by atoms with van der Waals surface area (Å²) < 4.78 is 0. The van der Waals surface area contributed by atoms with E-state index in [4.69, 9.17) is 11.5 Å². The molecule has 0 bridgehead atoms. The average Bonchev–Trinajstić information content (AvgIpc) is 3.21. The number of anilines is 1. The van der Waals surface area contributed by atoms with Gasteiger partial charge in [0.1, 0.15) is 0 Å².